The summed E-state index contributed by atoms with van der Waals surface area (Å²) >= 11 is 0. The predicted octanol–water partition coefficient (Wildman–Crippen LogP) is 2.19. The van der Waals surface area contributed by atoms with Crippen molar-refractivity contribution in [2.24, 2.45) is 23.2 Å². The summed E-state index contributed by atoms with van der Waals surface area (Å²) in [6.45, 7) is 3.10. The summed E-state index contributed by atoms with van der Waals surface area (Å²) in [5.74, 6) is 2.93. The fourth-order valence-electron chi connectivity index (χ4n) is 6.38. The quantitative estimate of drug-likeness (QED) is 0.794. The van der Waals surface area contributed by atoms with Gasteiger partial charge in [0.25, 0.3) is 0 Å². The first-order valence-electron chi connectivity index (χ1n) is 11.0. The highest BCUT2D eigenvalue weighted by molar-refractivity contribution is 5.95. The molecule has 7 nitrogen and oxygen atoms in total. The van der Waals surface area contributed by atoms with Crippen LogP contribution in [0.1, 0.15) is 38.5 Å². The van der Waals surface area contributed by atoms with Gasteiger partial charge in [-0.05, 0) is 68.4 Å². The van der Waals surface area contributed by atoms with Crippen molar-refractivity contribution in [3.8, 4) is 0 Å². The lowest BCUT2D eigenvalue weighted by atomic mass is 9.49. The number of pyridine rings is 1. The largest absolute Gasteiger partial charge is 0.378 e. The molecule has 2 N–H and O–H groups in total. The monoisotopic (exact) mass is 398 g/mol. The van der Waals surface area contributed by atoms with Gasteiger partial charge >= 0.3 is 0 Å². The molecule has 1 aromatic heterocycles. The third kappa shape index (κ3) is 3.84. The first-order valence-corrected chi connectivity index (χ1v) is 11.0. The number of carbonyl (C=O) groups is 2. The van der Waals surface area contributed by atoms with Crippen LogP contribution in [0.2, 0.25) is 0 Å². The molecule has 29 heavy (non-hydrogen) atoms. The number of aromatic nitrogens is 1. The van der Waals surface area contributed by atoms with Gasteiger partial charge in [0, 0.05) is 18.5 Å². The molecule has 0 aromatic carbocycles. The first kappa shape index (κ1) is 18.9. The van der Waals surface area contributed by atoms with Crippen LogP contribution >= 0.6 is 0 Å². The van der Waals surface area contributed by atoms with E-state index in [0.717, 1.165) is 55.9 Å². The molecule has 4 bridgehead atoms. The second-order valence-electron chi connectivity index (χ2n) is 9.43. The highest BCUT2D eigenvalue weighted by atomic mass is 16.5. The van der Waals surface area contributed by atoms with Gasteiger partial charge in [-0.3, -0.25) is 9.59 Å². The van der Waals surface area contributed by atoms with Crippen molar-refractivity contribution >= 4 is 23.3 Å². The van der Waals surface area contributed by atoms with Crippen molar-refractivity contribution in [1.29, 1.82) is 0 Å². The number of hydrogen-bond donors (Lipinski definition) is 2. The zero-order valence-electron chi connectivity index (χ0n) is 16.9. The van der Waals surface area contributed by atoms with E-state index in [2.05, 4.69) is 20.5 Å². The molecule has 156 valence electrons. The molecule has 7 heteroatoms. The minimum Gasteiger partial charge on any atom is -0.378 e. The third-order valence-corrected chi connectivity index (χ3v) is 7.30. The molecule has 5 fully saturated rings. The Bertz CT molecular complexity index is 737. The fourth-order valence-corrected chi connectivity index (χ4v) is 6.38. The Morgan fingerprint density at radius 3 is 2.31 bits per heavy atom. The molecule has 4 saturated carbocycles. The Balaban J connectivity index is 1.13. The van der Waals surface area contributed by atoms with Gasteiger partial charge in [0.05, 0.1) is 31.6 Å². The molecule has 2 amide bonds. The third-order valence-electron chi connectivity index (χ3n) is 7.30. The van der Waals surface area contributed by atoms with Crippen LogP contribution in [0.4, 0.5) is 11.5 Å². The smallest absolute Gasteiger partial charge is 0.243 e. The molecule has 5 aliphatic rings. The van der Waals surface area contributed by atoms with Crippen LogP contribution in [0.25, 0.3) is 0 Å². The van der Waals surface area contributed by atoms with Gasteiger partial charge in [0.2, 0.25) is 11.8 Å². The number of morpholine rings is 1. The van der Waals surface area contributed by atoms with E-state index in [4.69, 9.17) is 4.74 Å². The Morgan fingerprint density at radius 2 is 1.72 bits per heavy atom. The number of nitrogens with zero attached hydrogens (tertiary/aromatic N) is 2. The minimum atomic E-state index is -0.212. The Kier molecular flexibility index (Phi) is 4.94. The van der Waals surface area contributed by atoms with Gasteiger partial charge in [-0.15, -0.1) is 0 Å². The summed E-state index contributed by atoms with van der Waals surface area (Å²) in [6, 6.07) is 3.77. The fraction of sp³-hybridized carbons (Fsp3) is 0.682. The van der Waals surface area contributed by atoms with Crippen molar-refractivity contribution in [2.45, 2.75) is 38.5 Å². The number of amides is 2. The van der Waals surface area contributed by atoms with Gasteiger partial charge in [0.15, 0.2) is 0 Å². The Hall–Kier alpha value is -2.15. The maximum atomic E-state index is 13.0. The minimum absolute atomic E-state index is 0.0196. The zero-order chi connectivity index (χ0) is 19.8. The van der Waals surface area contributed by atoms with Crippen molar-refractivity contribution < 1.29 is 14.3 Å². The molecule has 0 atom stereocenters. The average Bonchev–Trinajstić information content (AvgIpc) is 2.72. The highest BCUT2D eigenvalue weighted by Crippen LogP contribution is 2.60. The number of hydrogen-bond acceptors (Lipinski definition) is 5. The van der Waals surface area contributed by atoms with Gasteiger partial charge < -0.3 is 20.3 Å². The molecular weight excluding hydrogens is 368 g/mol. The van der Waals surface area contributed by atoms with Crippen LogP contribution in [0, 0.1) is 23.2 Å². The van der Waals surface area contributed by atoms with Gasteiger partial charge in [-0.2, -0.15) is 0 Å². The lowest BCUT2D eigenvalue weighted by Crippen LogP contribution is -2.54. The molecule has 0 unspecified atom stereocenters. The molecular formula is C22H30N4O3. The van der Waals surface area contributed by atoms with Gasteiger partial charge in [-0.25, -0.2) is 4.98 Å². The summed E-state index contributed by atoms with van der Waals surface area (Å²) < 4.78 is 5.36. The summed E-state index contributed by atoms with van der Waals surface area (Å²) in [5.41, 5.74) is 0.437. The maximum absolute atomic E-state index is 13.0. The number of anilines is 2. The van der Waals surface area contributed by atoms with Crippen LogP contribution < -0.4 is 15.5 Å². The highest BCUT2D eigenvalue weighted by Gasteiger charge is 2.54. The predicted molar refractivity (Wildman–Crippen MR) is 110 cm³/mol. The van der Waals surface area contributed by atoms with E-state index >= 15 is 0 Å². The molecule has 2 heterocycles. The van der Waals surface area contributed by atoms with Gasteiger partial charge in [-0.1, -0.05) is 0 Å². The summed E-state index contributed by atoms with van der Waals surface area (Å²) in [7, 11) is 0. The first-order chi connectivity index (χ1) is 14.1. The lowest BCUT2D eigenvalue weighted by molar-refractivity contribution is -0.146. The van der Waals surface area contributed by atoms with E-state index in [9.17, 15) is 9.59 Å². The SMILES string of the molecule is O=C(CNC(=O)C12CC3CC(CC(C3)C1)C2)Nc1ccc(N2CCOCC2)nc1. The second-order valence-corrected chi connectivity index (χ2v) is 9.43. The summed E-state index contributed by atoms with van der Waals surface area (Å²) in [6.07, 6.45) is 8.63. The van der Waals surface area contributed by atoms with Crippen LogP contribution in [-0.4, -0.2) is 49.6 Å². The van der Waals surface area contributed by atoms with Crippen LogP contribution in [0.5, 0.6) is 0 Å². The Morgan fingerprint density at radius 1 is 1.07 bits per heavy atom. The molecule has 0 spiro atoms. The number of nitrogens with one attached hydrogen (secondary N) is 2. The molecule has 4 aliphatic carbocycles. The number of rotatable bonds is 5. The topological polar surface area (TPSA) is 83.6 Å². The van der Waals surface area contributed by atoms with Crippen LogP contribution in [0.15, 0.2) is 18.3 Å². The number of ether oxygens (including phenoxy) is 1. The maximum Gasteiger partial charge on any atom is 0.243 e. The second kappa shape index (κ2) is 7.59. The normalized spacial score (nSPS) is 32.8. The van der Waals surface area contributed by atoms with Crippen molar-refractivity contribution in [1.82, 2.24) is 10.3 Å². The van der Waals surface area contributed by atoms with Crippen molar-refractivity contribution in [3.63, 3.8) is 0 Å². The molecule has 1 aromatic rings. The van der Waals surface area contributed by atoms with E-state index in [1.54, 1.807) is 6.20 Å². The van der Waals surface area contributed by atoms with Crippen LogP contribution in [0.3, 0.4) is 0 Å². The standard InChI is InChI=1S/C22H30N4O3/c27-20(25-18-1-2-19(23-13-18)26-3-5-29-6-4-26)14-24-21(28)22-10-15-7-16(11-22)9-17(8-15)12-22/h1-2,13,15-17H,3-12,14H2,(H,24,28)(H,25,27). The summed E-state index contributed by atoms with van der Waals surface area (Å²) in [4.78, 5) is 31.9. The zero-order valence-corrected chi connectivity index (χ0v) is 16.9. The van der Waals surface area contributed by atoms with E-state index in [1.807, 2.05) is 12.1 Å². The molecule has 1 aliphatic heterocycles. The summed E-state index contributed by atoms with van der Waals surface area (Å²) in [5, 5.41) is 5.77. The van der Waals surface area contributed by atoms with Gasteiger partial charge in [0.1, 0.15) is 5.82 Å². The lowest BCUT2D eigenvalue weighted by Gasteiger charge is -2.55. The van der Waals surface area contributed by atoms with Crippen LogP contribution in [-0.2, 0) is 14.3 Å². The number of carbonyl (C=O) groups excluding carboxylic acids is 2. The van der Waals surface area contributed by atoms with Crippen molar-refractivity contribution in [3.05, 3.63) is 18.3 Å². The van der Waals surface area contributed by atoms with E-state index < -0.39 is 0 Å². The van der Waals surface area contributed by atoms with E-state index in [1.165, 1.54) is 19.3 Å². The average molecular weight is 399 g/mol. The van der Waals surface area contributed by atoms with E-state index in [-0.39, 0.29) is 23.8 Å². The Labute approximate surface area is 171 Å². The molecule has 0 radical (unpaired) electrons. The van der Waals surface area contributed by atoms with Crippen molar-refractivity contribution in [2.75, 3.05) is 43.1 Å². The molecule has 1 saturated heterocycles. The molecule has 6 rings (SSSR count). The van der Waals surface area contributed by atoms with E-state index in [0.29, 0.717) is 18.9 Å².